The van der Waals surface area contributed by atoms with Gasteiger partial charge in [0, 0.05) is 11.4 Å². The standard InChI is InChI=1S/C18H20N4O3S2/c1-10-11(2)16(9-19)18(21-12(10)3)26-13(4)17(23)22-14-5-7-15(8-6-14)27(20,24)25/h5-8,13H,1-4H3,(H,22,23)(H2,20,24,25)/t13-/m1/s1. The molecule has 0 aliphatic heterocycles. The first kappa shape index (κ1) is 20.9. The molecule has 0 bridgehead atoms. The van der Waals surface area contributed by atoms with Crippen LogP contribution in [-0.4, -0.2) is 24.6 Å². The molecule has 7 nitrogen and oxygen atoms in total. The van der Waals surface area contributed by atoms with E-state index < -0.39 is 15.3 Å². The molecule has 1 atom stereocenters. The van der Waals surface area contributed by atoms with Crippen molar-refractivity contribution in [3.63, 3.8) is 0 Å². The number of pyridine rings is 1. The fraction of sp³-hybridized carbons (Fsp3) is 0.278. The predicted octanol–water partition coefficient (Wildman–Crippen LogP) is 2.65. The van der Waals surface area contributed by atoms with Gasteiger partial charge in [0.25, 0.3) is 0 Å². The van der Waals surface area contributed by atoms with Crippen LogP contribution in [0, 0.1) is 32.1 Å². The third-order valence-corrected chi connectivity index (χ3v) is 6.20. The van der Waals surface area contributed by atoms with Crippen molar-refractivity contribution in [1.82, 2.24) is 4.98 Å². The number of benzene rings is 1. The summed E-state index contributed by atoms with van der Waals surface area (Å²) in [5.74, 6) is -0.287. The minimum atomic E-state index is -3.78. The smallest absolute Gasteiger partial charge is 0.238 e. The molecule has 3 N–H and O–H groups in total. The molecule has 1 aromatic heterocycles. The van der Waals surface area contributed by atoms with Crippen LogP contribution in [0.5, 0.6) is 0 Å². The van der Waals surface area contributed by atoms with Gasteiger partial charge in [0.2, 0.25) is 15.9 Å². The number of anilines is 1. The number of nitrogens with one attached hydrogen (secondary N) is 1. The number of nitrogens with two attached hydrogens (primary N) is 1. The molecular weight excluding hydrogens is 384 g/mol. The Morgan fingerprint density at radius 2 is 1.81 bits per heavy atom. The third kappa shape index (κ3) is 4.86. The zero-order valence-electron chi connectivity index (χ0n) is 15.4. The van der Waals surface area contributed by atoms with Gasteiger partial charge in [-0.2, -0.15) is 5.26 Å². The molecule has 142 valence electrons. The van der Waals surface area contributed by atoms with Gasteiger partial charge < -0.3 is 5.32 Å². The third-order valence-electron chi connectivity index (χ3n) is 4.18. The summed E-state index contributed by atoms with van der Waals surface area (Å²) in [4.78, 5) is 16.9. The maximum Gasteiger partial charge on any atom is 0.238 e. The molecule has 0 aliphatic carbocycles. The Morgan fingerprint density at radius 1 is 1.22 bits per heavy atom. The van der Waals surface area contributed by atoms with Crippen molar-refractivity contribution in [1.29, 1.82) is 5.26 Å². The van der Waals surface area contributed by atoms with Crippen LogP contribution in [0.15, 0.2) is 34.2 Å². The number of hydrogen-bond acceptors (Lipinski definition) is 6. The highest BCUT2D eigenvalue weighted by Crippen LogP contribution is 2.29. The monoisotopic (exact) mass is 404 g/mol. The van der Waals surface area contributed by atoms with Crippen LogP contribution in [0.25, 0.3) is 0 Å². The van der Waals surface area contributed by atoms with Crippen molar-refractivity contribution >= 4 is 33.4 Å². The summed E-state index contributed by atoms with van der Waals surface area (Å²) in [5, 5.41) is 17.2. The second-order valence-corrected chi connectivity index (χ2v) is 8.95. The van der Waals surface area contributed by atoms with E-state index in [4.69, 9.17) is 5.14 Å². The Balaban J connectivity index is 2.16. The predicted molar refractivity (Wildman–Crippen MR) is 105 cm³/mol. The second kappa shape index (κ2) is 8.08. The van der Waals surface area contributed by atoms with E-state index in [9.17, 15) is 18.5 Å². The van der Waals surface area contributed by atoms with Crippen molar-refractivity contribution in [2.75, 3.05) is 5.32 Å². The molecule has 0 aliphatic rings. The Bertz CT molecular complexity index is 1030. The first-order valence-electron chi connectivity index (χ1n) is 8.03. The Morgan fingerprint density at radius 3 is 2.33 bits per heavy atom. The van der Waals surface area contributed by atoms with Gasteiger partial charge in [-0.15, -0.1) is 0 Å². The molecule has 0 fully saturated rings. The minimum Gasteiger partial charge on any atom is -0.325 e. The highest BCUT2D eigenvalue weighted by atomic mass is 32.2. The molecule has 0 unspecified atom stereocenters. The first-order chi connectivity index (χ1) is 12.5. The lowest BCUT2D eigenvalue weighted by Crippen LogP contribution is -2.23. The van der Waals surface area contributed by atoms with E-state index in [1.165, 1.54) is 36.0 Å². The number of amides is 1. The number of rotatable bonds is 5. The summed E-state index contributed by atoms with van der Waals surface area (Å²) in [5.41, 5.74) is 3.56. The first-order valence-corrected chi connectivity index (χ1v) is 10.5. The summed E-state index contributed by atoms with van der Waals surface area (Å²) in [6.45, 7) is 7.36. The Labute approximate surface area is 163 Å². The van der Waals surface area contributed by atoms with E-state index in [0.29, 0.717) is 16.3 Å². The fourth-order valence-electron chi connectivity index (χ4n) is 2.32. The fourth-order valence-corrected chi connectivity index (χ4v) is 3.84. The van der Waals surface area contributed by atoms with E-state index in [1.807, 2.05) is 20.8 Å². The number of nitrogens with zero attached hydrogens (tertiary/aromatic N) is 2. The van der Waals surface area contributed by atoms with E-state index in [0.717, 1.165) is 16.8 Å². The molecule has 1 aromatic carbocycles. The number of aromatic nitrogens is 1. The number of hydrogen-bond donors (Lipinski definition) is 2. The molecule has 2 rings (SSSR count). The number of primary sulfonamides is 1. The van der Waals surface area contributed by atoms with Crippen molar-refractivity contribution < 1.29 is 13.2 Å². The summed E-state index contributed by atoms with van der Waals surface area (Å²) in [6.07, 6.45) is 0. The van der Waals surface area contributed by atoms with Crippen LogP contribution in [0.2, 0.25) is 0 Å². The summed E-state index contributed by atoms with van der Waals surface area (Å²) < 4.78 is 22.5. The number of aryl methyl sites for hydroxylation is 1. The highest BCUT2D eigenvalue weighted by molar-refractivity contribution is 8.00. The van der Waals surface area contributed by atoms with Crippen molar-refractivity contribution in [3.8, 4) is 6.07 Å². The Kier molecular flexibility index (Phi) is 6.26. The van der Waals surface area contributed by atoms with Gasteiger partial charge in [-0.25, -0.2) is 18.5 Å². The Hall–Kier alpha value is -2.41. The van der Waals surface area contributed by atoms with Gasteiger partial charge in [-0.05, 0) is 63.1 Å². The number of nitriles is 1. The zero-order valence-corrected chi connectivity index (χ0v) is 17.0. The highest BCUT2D eigenvalue weighted by Gasteiger charge is 2.20. The second-order valence-electron chi connectivity index (χ2n) is 6.06. The molecule has 2 aromatic rings. The maximum atomic E-state index is 12.4. The van der Waals surface area contributed by atoms with Crippen LogP contribution in [-0.2, 0) is 14.8 Å². The molecule has 1 amide bonds. The van der Waals surface area contributed by atoms with Crippen LogP contribution in [0.3, 0.4) is 0 Å². The van der Waals surface area contributed by atoms with E-state index >= 15 is 0 Å². The van der Waals surface area contributed by atoms with Gasteiger partial charge in [0.15, 0.2) is 0 Å². The molecule has 0 spiro atoms. The number of sulfonamides is 1. The summed E-state index contributed by atoms with van der Waals surface area (Å²) >= 11 is 1.21. The quantitative estimate of drug-likeness (QED) is 0.738. The normalized spacial score (nSPS) is 12.3. The SMILES string of the molecule is Cc1nc(S[C@H](C)C(=O)Nc2ccc(S(N)(=O)=O)cc2)c(C#N)c(C)c1C. The molecule has 1 heterocycles. The van der Waals surface area contributed by atoms with Gasteiger partial charge in [0.1, 0.15) is 11.1 Å². The molecule has 27 heavy (non-hydrogen) atoms. The van der Waals surface area contributed by atoms with Crippen molar-refractivity contribution in [2.24, 2.45) is 5.14 Å². The lowest BCUT2D eigenvalue weighted by Gasteiger charge is -2.15. The average Bonchev–Trinajstić information content (AvgIpc) is 2.59. The summed E-state index contributed by atoms with van der Waals surface area (Å²) in [7, 11) is -3.78. The number of carbonyl (C=O) groups excluding carboxylic acids is 1. The lowest BCUT2D eigenvalue weighted by molar-refractivity contribution is -0.115. The number of thioether (sulfide) groups is 1. The largest absolute Gasteiger partial charge is 0.325 e. The van der Waals surface area contributed by atoms with E-state index in [1.54, 1.807) is 6.92 Å². The van der Waals surface area contributed by atoms with Crippen LogP contribution in [0.1, 0.15) is 29.3 Å². The van der Waals surface area contributed by atoms with Gasteiger partial charge in [-0.1, -0.05) is 11.8 Å². The van der Waals surface area contributed by atoms with Gasteiger partial charge in [-0.3, -0.25) is 4.79 Å². The minimum absolute atomic E-state index is 0.0311. The van der Waals surface area contributed by atoms with Crippen molar-refractivity contribution in [3.05, 3.63) is 46.6 Å². The molecule has 0 saturated heterocycles. The van der Waals surface area contributed by atoms with Crippen molar-refractivity contribution in [2.45, 2.75) is 42.9 Å². The van der Waals surface area contributed by atoms with E-state index in [-0.39, 0.29) is 10.8 Å². The molecular formula is C18H20N4O3S2. The molecule has 0 radical (unpaired) electrons. The van der Waals surface area contributed by atoms with Crippen LogP contribution in [0.4, 0.5) is 5.69 Å². The van der Waals surface area contributed by atoms with Gasteiger partial charge >= 0.3 is 0 Å². The maximum absolute atomic E-state index is 12.4. The zero-order chi connectivity index (χ0) is 20.4. The topological polar surface area (TPSA) is 126 Å². The number of carbonyl (C=O) groups is 1. The average molecular weight is 405 g/mol. The summed E-state index contributed by atoms with van der Waals surface area (Å²) in [6, 6.07) is 7.74. The van der Waals surface area contributed by atoms with Crippen LogP contribution < -0.4 is 10.5 Å². The lowest BCUT2D eigenvalue weighted by atomic mass is 10.1. The van der Waals surface area contributed by atoms with E-state index in [2.05, 4.69) is 16.4 Å². The van der Waals surface area contributed by atoms with Crippen LogP contribution >= 0.6 is 11.8 Å². The molecule has 0 saturated carbocycles. The molecule has 9 heteroatoms. The van der Waals surface area contributed by atoms with Gasteiger partial charge in [0.05, 0.1) is 15.7 Å².